The van der Waals surface area contributed by atoms with Gasteiger partial charge < -0.3 is 19.7 Å². The molecule has 4 rings (SSSR count). The Kier molecular flexibility index (Phi) is 7.42. The van der Waals surface area contributed by atoms with Gasteiger partial charge in [-0.25, -0.2) is 9.97 Å². The van der Waals surface area contributed by atoms with Crippen LogP contribution in [0.1, 0.15) is 32.6 Å². The van der Waals surface area contributed by atoms with Crippen LogP contribution in [0.25, 0.3) is 33.6 Å². The van der Waals surface area contributed by atoms with Crippen LogP contribution in [-0.2, 0) is 4.79 Å². The normalized spacial score (nSPS) is 11.0. The number of rotatable bonds is 11. The largest absolute Gasteiger partial charge is 0.481 e. The van der Waals surface area contributed by atoms with Crippen LogP contribution in [0.3, 0.4) is 0 Å². The van der Waals surface area contributed by atoms with Gasteiger partial charge in [-0.15, -0.1) is 0 Å². The van der Waals surface area contributed by atoms with E-state index in [2.05, 4.69) is 58.4 Å². The third kappa shape index (κ3) is 5.20. The minimum atomic E-state index is -0.752. The van der Waals surface area contributed by atoms with Gasteiger partial charge in [0.05, 0.1) is 5.39 Å². The fourth-order valence-corrected chi connectivity index (χ4v) is 3.99. The fourth-order valence-electron chi connectivity index (χ4n) is 3.99. The number of carboxylic acids is 1. The highest BCUT2D eigenvalue weighted by molar-refractivity contribution is 6.05. The second kappa shape index (κ2) is 10.8. The van der Waals surface area contributed by atoms with Crippen molar-refractivity contribution in [1.29, 1.82) is 0 Å². The maximum Gasteiger partial charge on any atom is 0.303 e. The Hall–Kier alpha value is -3.87. The molecule has 0 spiro atoms. The Bertz CT molecular complexity index is 1240. The summed E-state index contributed by atoms with van der Waals surface area (Å²) in [4.78, 5) is 21.9. The predicted molar refractivity (Wildman–Crippen MR) is 136 cm³/mol. The molecule has 0 amide bonds. The highest BCUT2D eigenvalue weighted by Crippen LogP contribution is 2.42. The van der Waals surface area contributed by atoms with Crippen LogP contribution >= 0.6 is 0 Å². The molecule has 0 saturated heterocycles. The molecule has 2 heterocycles. The topological polar surface area (TPSA) is 91.5 Å². The summed E-state index contributed by atoms with van der Waals surface area (Å²) in [6.07, 6.45) is 4.08. The second-order valence-corrected chi connectivity index (χ2v) is 8.27. The average Bonchev–Trinajstić information content (AvgIpc) is 3.26. The maximum absolute atomic E-state index is 10.7. The van der Waals surface area contributed by atoms with Gasteiger partial charge in [0.1, 0.15) is 17.9 Å². The van der Waals surface area contributed by atoms with Crippen molar-refractivity contribution < 1.29 is 14.3 Å². The van der Waals surface area contributed by atoms with E-state index in [0.717, 1.165) is 58.7 Å². The quantitative estimate of drug-likeness (QED) is 0.264. The third-order valence-electron chi connectivity index (χ3n) is 5.96. The molecule has 0 unspecified atom stereocenters. The summed E-state index contributed by atoms with van der Waals surface area (Å²) in [6.45, 7) is 3.75. The van der Waals surface area contributed by atoms with E-state index in [0.29, 0.717) is 18.7 Å². The molecule has 0 fully saturated rings. The summed E-state index contributed by atoms with van der Waals surface area (Å²) in [6, 6.07) is 18.5. The second-order valence-electron chi connectivity index (χ2n) is 8.27. The molecule has 34 heavy (non-hydrogen) atoms. The van der Waals surface area contributed by atoms with Gasteiger partial charge in [0.25, 0.3) is 0 Å². The Balaban J connectivity index is 1.71. The third-order valence-corrected chi connectivity index (χ3v) is 5.96. The van der Waals surface area contributed by atoms with Gasteiger partial charge in [0.15, 0.2) is 0 Å². The van der Waals surface area contributed by atoms with E-state index in [1.54, 1.807) is 0 Å². The number of unbranched alkanes of at least 4 members (excludes halogenated alkanes) is 2. The first-order valence-corrected chi connectivity index (χ1v) is 11.7. The molecule has 176 valence electrons. The van der Waals surface area contributed by atoms with Crippen molar-refractivity contribution in [2.24, 2.45) is 0 Å². The molecule has 4 aromatic rings. The molecule has 0 aliphatic carbocycles. The highest BCUT2D eigenvalue weighted by atomic mass is 16.4. The standard InChI is InChI=1S/C27H30N4O3/c1-3-31(2)21-15-13-19(14-16-21)23-24-26(28-17-9-5-8-12-22(32)33)29-18-30-27(24)34-25(23)20-10-6-4-7-11-20/h4,6-7,10-11,13-16,18H,3,5,8-9,12,17H2,1-2H3,(H,32,33)(H,28,29,30). The minimum absolute atomic E-state index is 0.202. The van der Waals surface area contributed by atoms with Crippen LogP contribution in [0.15, 0.2) is 65.3 Å². The fraction of sp³-hybridized carbons (Fsp3) is 0.296. The molecule has 7 nitrogen and oxygen atoms in total. The summed E-state index contributed by atoms with van der Waals surface area (Å²) in [7, 11) is 2.07. The van der Waals surface area contributed by atoms with E-state index < -0.39 is 5.97 Å². The first-order chi connectivity index (χ1) is 16.6. The summed E-state index contributed by atoms with van der Waals surface area (Å²) in [5.41, 5.74) is 4.65. The van der Waals surface area contributed by atoms with Gasteiger partial charge in [0, 0.05) is 43.4 Å². The lowest BCUT2D eigenvalue weighted by molar-refractivity contribution is -0.137. The molecule has 0 radical (unpaired) electrons. The molecule has 2 aromatic heterocycles. The van der Waals surface area contributed by atoms with Crippen molar-refractivity contribution in [3.05, 3.63) is 60.9 Å². The molecule has 2 aromatic carbocycles. The van der Waals surface area contributed by atoms with E-state index in [-0.39, 0.29) is 6.42 Å². The lowest BCUT2D eigenvalue weighted by Crippen LogP contribution is -2.15. The number of hydrogen-bond acceptors (Lipinski definition) is 6. The van der Waals surface area contributed by atoms with E-state index in [1.165, 1.54) is 6.33 Å². The van der Waals surface area contributed by atoms with Crippen molar-refractivity contribution >= 4 is 28.6 Å². The zero-order chi connectivity index (χ0) is 23.9. The number of anilines is 2. The van der Waals surface area contributed by atoms with E-state index in [1.807, 2.05) is 30.3 Å². The summed E-state index contributed by atoms with van der Waals surface area (Å²) < 4.78 is 6.28. The summed E-state index contributed by atoms with van der Waals surface area (Å²) in [5.74, 6) is 0.731. The predicted octanol–water partition coefficient (Wildman–Crippen LogP) is 6.07. The van der Waals surface area contributed by atoms with Gasteiger partial charge in [-0.3, -0.25) is 4.79 Å². The number of aromatic nitrogens is 2. The average molecular weight is 459 g/mol. The van der Waals surface area contributed by atoms with Crippen molar-refractivity contribution in [3.8, 4) is 22.5 Å². The number of nitrogens with zero attached hydrogens (tertiary/aromatic N) is 3. The SMILES string of the molecule is CCN(C)c1ccc(-c2c(-c3ccccc3)oc3ncnc(NCCCCCC(=O)O)c23)cc1. The smallest absolute Gasteiger partial charge is 0.303 e. The Morgan fingerprint density at radius 1 is 1.00 bits per heavy atom. The van der Waals surface area contributed by atoms with Crippen molar-refractivity contribution in [3.63, 3.8) is 0 Å². The molecule has 2 N–H and O–H groups in total. The van der Waals surface area contributed by atoms with Crippen LogP contribution in [0, 0.1) is 0 Å². The Morgan fingerprint density at radius 3 is 2.47 bits per heavy atom. The van der Waals surface area contributed by atoms with Gasteiger partial charge in [-0.1, -0.05) is 48.9 Å². The van der Waals surface area contributed by atoms with Gasteiger partial charge in [0.2, 0.25) is 5.71 Å². The van der Waals surface area contributed by atoms with E-state index in [9.17, 15) is 4.79 Å². The lowest BCUT2D eigenvalue weighted by atomic mass is 9.99. The first-order valence-electron chi connectivity index (χ1n) is 11.7. The van der Waals surface area contributed by atoms with Crippen LogP contribution in [0.5, 0.6) is 0 Å². The van der Waals surface area contributed by atoms with Crippen LogP contribution in [0.2, 0.25) is 0 Å². The number of carboxylic acid groups (broad SMARTS) is 1. The van der Waals surface area contributed by atoms with Gasteiger partial charge in [-0.05, 0) is 37.5 Å². The van der Waals surface area contributed by atoms with E-state index in [4.69, 9.17) is 9.52 Å². The van der Waals surface area contributed by atoms with Crippen LogP contribution < -0.4 is 10.2 Å². The lowest BCUT2D eigenvalue weighted by Gasteiger charge is -2.17. The molecular formula is C27H30N4O3. The molecule has 0 saturated carbocycles. The van der Waals surface area contributed by atoms with Crippen molar-refractivity contribution in [2.75, 3.05) is 30.4 Å². The highest BCUT2D eigenvalue weighted by Gasteiger charge is 2.22. The molecule has 0 atom stereocenters. The van der Waals surface area contributed by atoms with Crippen LogP contribution in [-0.4, -0.2) is 41.2 Å². The van der Waals surface area contributed by atoms with Crippen LogP contribution in [0.4, 0.5) is 11.5 Å². The number of hydrogen-bond donors (Lipinski definition) is 2. The van der Waals surface area contributed by atoms with E-state index >= 15 is 0 Å². The number of carbonyl (C=O) groups is 1. The minimum Gasteiger partial charge on any atom is -0.481 e. The van der Waals surface area contributed by atoms with Gasteiger partial charge >= 0.3 is 5.97 Å². The summed E-state index contributed by atoms with van der Waals surface area (Å²) >= 11 is 0. The molecular weight excluding hydrogens is 428 g/mol. The number of furan rings is 1. The Morgan fingerprint density at radius 2 is 1.76 bits per heavy atom. The maximum atomic E-state index is 10.7. The molecule has 0 bridgehead atoms. The number of nitrogens with one attached hydrogen (secondary N) is 1. The molecule has 7 heteroatoms. The van der Waals surface area contributed by atoms with Gasteiger partial charge in [-0.2, -0.15) is 0 Å². The van der Waals surface area contributed by atoms with Crippen molar-refractivity contribution in [1.82, 2.24) is 9.97 Å². The molecule has 0 aliphatic heterocycles. The zero-order valence-electron chi connectivity index (χ0n) is 19.6. The molecule has 0 aliphatic rings. The zero-order valence-corrected chi connectivity index (χ0v) is 19.6. The number of benzene rings is 2. The summed E-state index contributed by atoms with van der Waals surface area (Å²) in [5, 5.41) is 13.1. The van der Waals surface area contributed by atoms with Crippen molar-refractivity contribution in [2.45, 2.75) is 32.6 Å². The number of aliphatic carboxylic acids is 1. The Labute approximate surface area is 199 Å². The first kappa shape index (κ1) is 23.3. The number of fused-ring (bicyclic) bond motifs is 1. The monoisotopic (exact) mass is 458 g/mol.